The molecule has 0 radical (unpaired) electrons. The van der Waals surface area contributed by atoms with Crippen LogP contribution in [-0.2, 0) is 6.54 Å². The van der Waals surface area contributed by atoms with Crippen LogP contribution in [0.15, 0.2) is 52.0 Å². The zero-order valence-electron chi connectivity index (χ0n) is 16.6. The van der Waals surface area contributed by atoms with Gasteiger partial charge < -0.3 is 19.5 Å². The molecule has 8 heteroatoms. The Morgan fingerprint density at radius 2 is 2.00 bits per heavy atom. The molecule has 154 valence electrons. The molecule has 1 saturated heterocycles. The Labute approximate surface area is 186 Å². The normalized spacial score (nSPS) is 14.8. The van der Waals surface area contributed by atoms with Gasteiger partial charge in [0, 0.05) is 50.4 Å². The van der Waals surface area contributed by atoms with E-state index in [2.05, 4.69) is 25.1 Å². The van der Waals surface area contributed by atoms with Crippen molar-refractivity contribution in [1.29, 1.82) is 0 Å². The number of hydrogen-bond donors (Lipinski definition) is 1. The third-order valence-corrected chi connectivity index (χ3v) is 5.17. The Kier molecular flexibility index (Phi) is 6.94. The Bertz CT molecular complexity index is 983. The van der Waals surface area contributed by atoms with Gasteiger partial charge in [-0.05, 0) is 37.3 Å². The van der Waals surface area contributed by atoms with Gasteiger partial charge in [-0.3, -0.25) is 4.99 Å². The summed E-state index contributed by atoms with van der Waals surface area (Å²) >= 11 is 0. The number of aromatic nitrogens is 1. The number of rotatable bonds is 3. The van der Waals surface area contributed by atoms with Crippen LogP contribution in [0.25, 0.3) is 11.0 Å². The van der Waals surface area contributed by atoms with E-state index >= 15 is 0 Å². The van der Waals surface area contributed by atoms with Crippen molar-refractivity contribution in [3.05, 3.63) is 59.7 Å². The first-order chi connectivity index (χ1) is 13.7. The molecule has 2 aromatic heterocycles. The first kappa shape index (κ1) is 21.4. The number of piperazine rings is 1. The number of guanidine groups is 1. The first-order valence-corrected chi connectivity index (χ1v) is 9.45. The summed E-state index contributed by atoms with van der Waals surface area (Å²) in [7, 11) is 1.79. The zero-order valence-corrected chi connectivity index (χ0v) is 18.9. The molecule has 0 aliphatic carbocycles. The molecule has 4 rings (SSSR count). The van der Waals surface area contributed by atoms with Gasteiger partial charge in [-0.2, -0.15) is 0 Å². The fourth-order valence-corrected chi connectivity index (χ4v) is 3.59. The smallest absolute Gasteiger partial charge is 0.194 e. The van der Waals surface area contributed by atoms with E-state index in [0.29, 0.717) is 12.1 Å². The van der Waals surface area contributed by atoms with E-state index in [1.807, 2.05) is 31.3 Å². The summed E-state index contributed by atoms with van der Waals surface area (Å²) in [5.41, 5.74) is 1.66. The van der Waals surface area contributed by atoms with Crippen LogP contribution >= 0.6 is 24.0 Å². The topological polar surface area (TPSA) is 56.9 Å². The predicted molar refractivity (Wildman–Crippen MR) is 125 cm³/mol. The number of fused-ring (bicyclic) bond motifs is 1. The number of halogens is 2. The summed E-state index contributed by atoms with van der Waals surface area (Å²) < 4.78 is 19.4. The molecule has 1 N–H and O–H groups in total. The maximum atomic E-state index is 13.5. The highest BCUT2D eigenvalue weighted by Gasteiger charge is 2.21. The van der Waals surface area contributed by atoms with Crippen LogP contribution in [0.3, 0.4) is 0 Å². The molecule has 3 heterocycles. The Balaban J connectivity index is 0.00000240. The maximum absolute atomic E-state index is 13.5. The number of benzene rings is 1. The largest absolute Gasteiger partial charge is 0.459 e. The van der Waals surface area contributed by atoms with E-state index in [4.69, 9.17) is 4.42 Å². The van der Waals surface area contributed by atoms with Crippen molar-refractivity contribution < 1.29 is 8.81 Å². The minimum absolute atomic E-state index is 0. The number of furan rings is 1. The summed E-state index contributed by atoms with van der Waals surface area (Å²) in [5, 5.41) is 4.20. The standard InChI is InChI=1S/C21H24FN5O.HI/c1-15-17-13-16(22)6-7-18(17)28-19(15)14-25-21(23-2)27-11-9-26(10-12-27)20-5-3-4-8-24-20;/h3-8,13H,9-12,14H2,1-2H3,(H,23,25);1H. The second-order valence-electron chi connectivity index (χ2n) is 6.85. The van der Waals surface area contributed by atoms with E-state index in [1.54, 1.807) is 13.1 Å². The lowest BCUT2D eigenvalue weighted by Gasteiger charge is -2.37. The van der Waals surface area contributed by atoms with Gasteiger partial charge in [0.15, 0.2) is 5.96 Å². The van der Waals surface area contributed by atoms with Gasteiger partial charge in [-0.25, -0.2) is 9.37 Å². The SMILES string of the molecule is CN=C(NCc1oc2ccc(F)cc2c1C)N1CCN(c2ccccn2)CC1.I. The van der Waals surface area contributed by atoms with Crippen LogP contribution in [0.4, 0.5) is 10.2 Å². The molecule has 3 aromatic rings. The number of aryl methyl sites for hydroxylation is 1. The van der Waals surface area contributed by atoms with Crippen LogP contribution in [0.2, 0.25) is 0 Å². The van der Waals surface area contributed by atoms with Crippen molar-refractivity contribution in [2.24, 2.45) is 4.99 Å². The van der Waals surface area contributed by atoms with Crippen molar-refractivity contribution in [3.63, 3.8) is 0 Å². The molecule has 1 aliphatic heterocycles. The van der Waals surface area contributed by atoms with Crippen molar-refractivity contribution >= 4 is 46.7 Å². The van der Waals surface area contributed by atoms with Crippen molar-refractivity contribution in [3.8, 4) is 0 Å². The van der Waals surface area contributed by atoms with Gasteiger partial charge in [0.05, 0.1) is 6.54 Å². The lowest BCUT2D eigenvalue weighted by Crippen LogP contribution is -2.52. The predicted octanol–water partition coefficient (Wildman–Crippen LogP) is 3.79. The van der Waals surface area contributed by atoms with Gasteiger partial charge in [0.2, 0.25) is 0 Å². The van der Waals surface area contributed by atoms with Crippen LogP contribution in [0, 0.1) is 12.7 Å². The highest BCUT2D eigenvalue weighted by molar-refractivity contribution is 14.0. The van der Waals surface area contributed by atoms with E-state index < -0.39 is 0 Å². The minimum atomic E-state index is -0.252. The van der Waals surface area contributed by atoms with E-state index in [0.717, 1.165) is 54.7 Å². The average molecular weight is 509 g/mol. The van der Waals surface area contributed by atoms with Gasteiger partial charge in [0.1, 0.15) is 23.0 Å². The summed E-state index contributed by atoms with van der Waals surface area (Å²) in [4.78, 5) is 13.4. The number of nitrogens with one attached hydrogen (secondary N) is 1. The second kappa shape index (κ2) is 9.43. The van der Waals surface area contributed by atoms with Gasteiger partial charge >= 0.3 is 0 Å². The fraction of sp³-hybridized carbons (Fsp3) is 0.333. The molecule has 29 heavy (non-hydrogen) atoms. The summed E-state index contributed by atoms with van der Waals surface area (Å²) in [5.74, 6) is 2.40. The quantitative estimate of drug-likeness (QED) is 0.331. The first-order valence-electron chi connectivity index (χ1n) is 9.45. The van der Waals surface area contributed by atoms with Crippen LogP contribution in [0.5, 0.6) is 0 Å². The van der Waals surface area contributed by atoms with E-state index in [9.17, 15) is 4.39 Å². The number of anilines is 1. The van der Waals surface area contributed by atoms with Gasteiger partial charge in [-0.15, -0.1) is 24.0 Å². The molecule has 0 spiro atoms. The van der Waals surface area contributed by atoms with E-state index in [1.165, 1.54) is 12.1 Å². The minimum Gasteiger partial charge on any atom is -0.459 e. The fourth-order valence-electron chi connectivity index (χ4n) is 3.59. The summed E-state index contributed by atoms with van der Waals surface area (Å²) in [6.07, 6.45) is 1.82. The van der Waals surface area contributed by atoms with Gasteiger partial charge in [0.25, 0.3) is 0 Å². The number of pyridine rings is 1. The third kappa shape index (κ3) is 4.63. The summed E-state index contributed by atoms with van der Waals surface area (Å²) in [6.45, 7) is 5.97. The highest BCUT2D eigenvalue weighted by Crippen LogP contribution is 2.26. The Hall–Kier alpha value is -2.36. The van der Waals surface area contributed by atoms with Crippen molar-refractivity contribution in [2.75, 3.05) is 38.1 Å². The molecule has 0 atom stereocenters. The highest BCUT2D eigenvalue weighted by atomic mass is 127. The lowest BCUT2D eigenvalue weighted by molar-refractivity contribution is 0.369. The molecule has 0 saturated carbocycles. The maximum Gasteiger partial charge on any atom is 0.194 e. The number of nitrogens with zero attached hydrogens (tertiary/aromatic N) is 4. The Morgan fingerprint density at radius 1 is 1.21 bits per heavy atom. The molecule has 1 fully saturated rings. The molecule has 6 nitrogen and oxygen atoms in total. The third-order valence-electron chi connectivity index (χ3n) is 5.17. The number of aliphatic imine (C=N–C) groups is 1. The molecule has 0 amide bonds. The summed E-state index contributed by atoms with van der Waals surface area (Å²) in [6, 6.07) is 10.6. The van der Waals surface area contributed by atoms with Crippen molar-refractivity contribution in [2.45, 2.75) is 13.5 Å². The lowest BCUT2D eigenvalue weighted by atomic mass is 10.1. The van der Waals surface area contributed by atoms with Crippen LogP contribution in [0.1, 0.15) is 11.3 Å². The number of hydrogen-bond acceptors (Lipinski definition) is 4. The molecule has 0 unspecified atom stereocenters. The Morgan fingerprint density at radius 3 is 2.69 bits per heavy atom. The van der Waals surface area contributed by atoms with Gasteiger partial charge in [-0.1, -0.05) is 6.07 Å². The van der Waals surface area contributed by atoms with Crippen molar-refractivity contribution in [1.82, 2.24) is 15.2 Å². The van der Waals surface area contributed by atoms with E-state index in [-0.39, 0.29) is 29.8 Å². The van der Waals surface area contributed by atoms with Crippen LogP contribution in [-0.4, -0.2) is 49.1 Å². The second-order valence-corrected chi connectivity index (χ2v) is 6.85. The zero-order chi connectivity index (χ0) is 19.5. The molecular formula is C21H25FIN5O. The monoisotopic (exact) mass is 509 g/mol. The molecule has 1 aliphatic rings. The molecule has 1 aromatic carbocycles. The van der Waals surface area contributed by atoms with Crippen LogP contribution < -0.4 is 10.2 Å². The average Bonchev–Trinajstić information content (AvgIpc) is 3.05. The molecule has 0 bridgehead atoms. The molecular weight excluding hydrogens is 484 g/mol.